The summed E-state index contributed by atoms with van der Waals surface area (Å²) in [6.45, 7) is 5.69. The highest BCUT2D eigenvalue weighted by molar-refractivity contribution is 7.92. The highest BCUT2D eigenvalue weighted by atomic mass is 32.2. The van der Waals surface area contributed by atoms with Gasteiger partial charge in [0.25, 0.3) is 0 Å². The molecule has 0 aromatic heterocycles. The molecule has 0 saturated heterocycles. The summed E-state index contributed by atoms with van der Waals surface area (Å²) in [7, 11) is -3.58. The first kappa shape index (κ1) is 20.8. The number of para-hydroxylation sites is 1. The Morgan fingerprint density at radius 2 is 1.74 bits per heavy atom. The second kappa shape index (κ2) is 8.90. The molecule has 0 spiro atoms. The summed E-state index contributed by atoms with van der Waals surface area (Å²) in [5, 5.41) is 2.78. The van der Waals surface area contributed by atoms with E-state index in [1.54, 1.807) is 12.1 Å². The van der Waals surface area contributed by atoms with Crippen LogP contribution in [0.2, 0.25) is 0 Å². The van der Waals surface area contributed by atoms with E-state index in [1.807, 2.05) is 57.2 Å². The van der Waals surface area contributed by atoms with Crippen LogP contribution in [0.25, 0.3) is 0 Å². The molecule has 2 aromatic rings. The normalized spacial score (nSPS) is 12.3. The highest BCUT2D eigenvalue weighted by Gasteiger charge is 2.21. The van der Waals surface area contributed by atoms with Gasteiger partial charge in [0.05, 0.1) is 18.0 Å². The summed E-state index contributed by atoms with van der Waals surface area (Å²) in [6, 6.07) is 14.4. The Balaban J connectivity index is 1.97. The van der Waals surface area contributed by atoms with Crippen LogP contribution in [0.1, 0.15) is 18.1 Å². The van der Waals surface area contributed by atoms with E-state index in [4.69, 9.17) is 4.74 Å². The third-order valence-electron chi connectivity index (χ3n) is 4.00. The van der Waals surface area contributed by atoms with Crippen molar-refractivity contribution in [2.24, 2.45) is 0 Å². The number of carbonyl (C=O) groups is 1. The average molecular weight is 391 g/mol. The van der Waals surface area contributed by atoms with Gasteiger partial charge < -0.3 is 10.1 Å². The van der Waals surface area contributed by atoms with Crippen LogP contribution in [0.3, 0.4) is 0 Å². The highest BCUT2D eigenvalue weighted by Crippen LogP contribution is 2.18. The molecular formula is C20H26N2O4S. The third-order valence-corrected chi connectivity index (χ3v) is 5.14. The van der Waals surface area contributed by atoms with Crippen molar-refractivity contribution in [1.29, 1.82) is 0 Å². The predicted molar refractivity (Wildman–Crippen MR) is 108 cm³/mol. The molecule has 1 N–H and O–H groups in total. The molecule has 7 heteroatoms. The second-order valence-corrected chi connectivity index (χ2v) is 8.56. The number of aryl methyl sites for hydroxylation is 2. The number of rotatable bonds is 8. The Labute approximate surface area is 161 Å². The van der Waals surface area contributed by atoms with E-state index in [9.17, 15) is 13.2 Å². The molecular weight excluding hydrogens is 364 g/mol. The zero-order valence-corrected chi connectivity index (χ0v) is 16.9. The molecule has 27 heavy (non-hydrogen) atoms. The molecule has 0 heterocycles. The van der Waals surface area contributed by atoms with E-state index < -0.39 is 10.0 Å². The number of ether oxygens (including phenoxy) is 1. The smallest absolute Gasteiger partial charge is 0.241 e. The first-order chi connectivity index (χ1) is 12.7. The Morgan fingerprint density at radius 1 is 1.11 bits per heavy atom. The van der Waals surface area contributed by atoms with E-state index in [0.717, 1.165) is 27.4 Å². The third kappa shape index (κ3) is 6.29. The molecule has 0 radical (unpaired) electrons. The van der Waals surface area contributed by atoms with Gasteiger partial charge in [-0.1, -0.05) is 35.9 Å². The Morgan fingerprint density at radius 3 is 2.33 bits per heavy atom. The van der Waals surface area contributed by atoms with Crippen LogP contribution in [-0.4, -0.2) is 39.8 Å². The number of amides is 1. The summed E-state index contributed by atoms with van der Waals surface area (Å²) in [5.74, 6) is 0.373. The molecule has 0 aliphatic rings. The van der Waals surface area contributed by atoms with Crippen molar-refractivity contribution >= 4 is 21.6 Å². The first-order valence-electron chi connectivity index (χ1n) is 8.69. The molecule has 0 unspecified atom stereocenters. The molecule has 0 aliphatic heterocycles. The summed E-state index contributed by atoms with van der Waals surface area (Å²) < 4.78 is 31.0. The molecule has 0 aliphatic carbocycles. The van der Waals surface area contributed by atoms with Gasteiger partial charge in [-0.05, 0) is 44.5 Å². The van der Waals surface area contributed by atoms with E-state index in [1.165, 1.54) is 0 Å². The maximum atomic E-state index is 12.4. The minimum atomic E-state index is -3.58. The molecule has 1 atom stereocenters. The van der Waals surface area contributed by atoms with Gasteiger partial charge in [-0.25, -0.2) is 8.42 Å². The quantitative estimate of drug-likeness (QED) is 0.752. The van der Waals surface area contributed by atoms with Gasteiger partial charge in [0.2, 0.25) is 15.9 Å². The maximum Gasteiger partial charge on any atom is 0.241 e. The average Bonchev–Trinajstić information content (AvgIpc) is 2.59. The van der Waals surface area contributed by atoms with Crippen LogP contribution in [0, 0.1) is 13.8 Å². The zero-order valence-electron chi connectivity index (χ0n) is 16.1. The lowest BCUT2D eigenvalue weighted by Crippen LogP contribution is -2.44. The fraction of sp³-hybridized carbons (Fsp3) is 0.350. The molecule has 2 aromatic carbocycles. The molecule has 1 amide bonds. The van der Waals surface area contributed by atoms with Crippen molar-refractivity contribution < 1.29 is 17.9 Å². The Kier molecular flexibility index (Phi) is 6.85. The minimum Gasteiger partial charge on any atom is -0.491 e. The molecule has 0 bridgehead atoms. The number of hydrogen-bond donors (Lipinski definition) is 1. The summed E-state index contributed by atoms with van der Waals surface area (Å²) in [4.78, 5) is 12.4. The van der Waals surface area contributed by atoms with Gasteiger partial charge in [-0.15, -0.1) is 0 Å². The molecule has 2 rings (SSSR count). The summed E-state index contributed by atoms with van der Waals surface area (Å²) in [6.07, 6.45) is 1.09. The van der Waals surface area contributed by atoms with Crippen molar-refractivity contribution in [1.82, 2.24) is 5.32 Å². The number of hydrogen-bond acceptors (Lipinski definition) is 4. The topological polar surface area (TPSA) is 75.7 Å². The van der Waals surface area contributed by atoms with Crippen LogP contribution in [-0.2, 0) is 14.8 Å². The van der Waals surface area contributed by atoms with Crippen molar-refractivity contribution in [2.45, 2.75) is 26.8 Å². The first-order valence-corrected chi connectivity index (χ1v) is 10.5. The van der Waals surface area contributed by atoms with Gasteiger partial charge in [0.15, 0.2) is 0 Å². The molecule has 6 nitrogen and oxygen atoms in total. The number of sulfonamides is 1. The van der Waals surface area contributed by atoms with E-state index in [-0.39, 0.29) is 18.5 Å². The van der Waals surface area contributed by atoms with E-state index in [2.05, 4.69) is 5.32 Å². The fourth-order valence-corrected chi connectivity index (χ4v) is 3.39. The molecule has 146 valence electrons. The van der Waals surface area contributed by atoms with Crippen molar-refractivity contribution in [3.63, 3.8) is 0 Å². The van der Waals surface area contributed by atoms with Crippen LogP contribution < -0.4 is 14.4 Å². The van der Waals surface area contributed by atoms with Crippen LogP contribution in [0.15, 0.2) is 48.5 Å². The zero-order chi connectivity index (χ0) is 20.0. The van der Waals surface area contributed by atoms with Gasteiger partial charge >= 0.3 is 0 Å². The van der Waals surface area contributed by atoms with E-state index in [0.29, 0.717) is 12.3 Å². The second-order valence-electron chi connectivity index (χ2n) is 6.65. The van der Waals surface area contributed by atoms with Crippen molar-refractivity contribution in [3.05, 3.63) is 59.7 Å². The van der Waals surface area contributed by atoms with Crippen molar-refractivity contribution in [2.75, 3.05) is 23.7 Å². The predicted octanol–water partition coefficient (Wildman–Crippen LogP) is 2.65. The summed E-state index contributed by atoms with van der Waals surface area (Å²) in [5.41, 5.74) is 2.49. The number of carbonyl (C=O) groups excluding carboxylic acids is 1. The largest absolute Gasteiger partial charge is 0.491 e. The van der Waals surface area contributed by atoms with Gasteiger partial charge in [-0.2, -0.15) is 0 Å². The fourth-order valence-electron chi connectivity index (χ4n) is 2.54. The lowest BCUT2D eigenvalue weighted by atomic mass is 10.2. The number of nitrogens with one attached hydrogen (secondary N) is 1. The van der Waals surface area contributed by atoms with Crippen LogP contribution in [0.5, 0.6) is 5.75 Å². The van der Waals surface area contributed by atoms with Crippen LogP contribution >= 0.6 is 0 Å². The van der Waals surface area contributed by atoms with Crippen molar-refractivity contribution in [3.8, 4) is 5.75 Å². The standard InChI is InChI=1S/C20H26N2O4S/c1-15-9-11-18(12-10-15)22(27(4,24)25)13-20(23)21-17(3)14-26-19-8-6-5-7-16(19)2/h5-12,17H,13-14H2,1-4H3,(H,21,23)/t17-/m1/s1. The number of nitrogens with zero attached hydrogens (tertiary/aromatic N) is 1. The van der Waals surface area contributed by atoms with Crippen LogP contribution in [0.4, 0.5) is 5.69 Å². The Bertz CT molecular complexity index is 879. The number of benzene rings is 2. The lowest BCUT2D eigenvalue weighted by Gasteiger charge is -2.23. The molecule has 0 fully saturated rings. The lowest BCUT2D eigenvalue weighted by molar-refractivity contribution is -0.120. The SMILES string of the molecule is Cc1ccc(N(CC(=O)N[C@H](C)COc2ccccc2C)S(C)(=O)=O)cc1. The molecule has 0 saturated carbocycles. The summed E-state index contributed by atoms with van der Waals surface area (Å²) >= 11 is 0. The van der Waals surface area contributed by atoms with Gasteiger partial charge in [-0.3, -0.25) is 9.10 Å². The monoisotopic (exact) mass is 390 g/mol. The number of anilines is 1. The van der Waals surface area contributed by atoms with Gasteiger partial charge in [0, 0.05) is 0 Å². The Hall–Kier alpha value is -2.54. The maximum absolute atomic E-state index is 12.4. The minimum absolute atomic E-state index is 0.267. The van der Waals surface area contributed by atoms with E-state index >= 15 is 0 Å². The van der Waals surface area contributed by atoms with Gasteiger partial charge in [0.1, 0.15) is 18.9 Å².